The monoisotopic (exact) mass is 236 g/mol. The maximum Gasteiger partial charge on any atom is 0.101 e. The van der Waals surface area contributed by atoms with Gasteiger partial charge in [0.1, 0.15) is 6.10 Å². The van der Waals surface area contributed by atoms with E-state index >= 15 is 0 Å². The molecule has 0 aromatic heterocycles. The van der Waals surface area contributed by atoms with Crippen molar-refractivity contribution in [3.63, 3.8) is 0 Å². The predicted molar refractivity (Wildman–Crippen MR) is 73.3 cm³/mol. The average molecular weight is 236 g/mol. The Morgan fingerprint density at radius 3 is 2.61 bits per heavy atom. The first kappa shape index (κ1) is 11.2. The van der Waals surface area contributed by atoms with E-state index in [4.69, 9.17) is 4.74 Å². The fourth-order valence-electron chi connectivity index (χ4n) is 2.33. The molecule has 0 saturated heterocycles. The summed E-state index contributed by atoms with van der Waals surface area (Å²) in [6.07, 6.45) is 5.46. The lowest BCUT2D eigenvalue weighted by Gasteiger charge is -2.21. The summed E-state index contributed by atoms with van der Waals surface area (Å²) in [4.78, 5) is 0. The lowest BCUT2D eigenvalue weighted by atomic mass is 9.95. The van der Waals surface area contributed by atoms with Crippen LogP contribution in [0.4, 0.5) is 0 Å². The van der Waals surface area contributed by atoms with Crippen molar-refractivity contribution in [2.45, 2.75) is 19.1 Å². The van der Waals surface area contributed by atoms with Gasteiger partial charge >= 0.3 is 0 Å². The normalized spacial score (nSPS) is 17.4. The summed E-state index contributed by atoms with van der Waals surface area (Å²) in [5.74, 6) is 0. The van der Waals surface area contributed by atoms with Gasteiger partial charge in [-0.2, -0.15) is 0 Å². The topological polar surface area (TPSA) is 9.23 Å². The molecule has 0 heterocycles. The highest BCUT2D eigenvalue weighted by molar-refractivity contribution is 5.36. The van der Waals surface area contributed by atoms with Crippen LogP contribution in [0.5, 0.6) is 0 Å². The van der Waals surface area contributed by atoms with Gasteiger partial charge in [0.15, 0.2) is 0 Å². The first-order valence-corrected chi connectivity index (χ1v) is 6.33. The van der Waals surface area contributed by atoms with Crippen molar-refractivity contribution in [2.75, 3.05) is 0 Å². The molecule has 2 aromatic carbocycles. The van der Waals surface area contributed by atoms with Crippen molar-refractivity contribution in [1.82, 2.24) is 0 Å². The maximum absolute atomic E-state index is 6.01. The SMILES string of the molecule is C1=CC(OCc2ccccc2)c2ccccc2C1. The van der Waals surface area contributed by atoms with Crippen LogP contribution in [0.25, 0.3) is 0 Å². The molecule has 18 heavy (non-hydrogen) atoms. The van der Waals surface area contributed by atoms with Crippen molar-refractivity contribution in [3.05, 3.63) is 83.4 Å². The van der Waals surface area contributed by atoms with E-state index < -0.39 is 0 Å². The number of hydrogen-bond donors (Lipinski definition) is 0. The molecule has 0 radical (unpaired) electrons. The van der Waals surface area contributed by atoms with Gasteiger partial charge in [0, 0.05) is 0 Å². The third-order valence-electron chi connectivity index (χ3n) is 3.28. The maximum atomic E-state index is 6.01. The minimum absolute atomic E-state index is 0.0927. The number of rotatable bonds is 3. The van der Waals surface area contributed by atoms with Gasteiger partial charge in [0.25, 0.3) is 0 Å². The highest BCUT2D eigenvalue weighted by Gasteiger charge is 2.15. The van der Waals surface area contributed by atoms with E-state index in [0.29, 0.717) is 6.61 Å². The molecular weight excluding hydrogens is 220 g/mol. The Bertz CT molecular complexity index is 543. The van der Waals surface area contributed by atoms with Crippen LogP contribution in [0.15, 0.2) is 66.7 Å². The van der Waals surface area contributed by atoms with Crippen LogP contribution >= 0.6 is 0 Å². The molecule has 3 rings (SSSR count). The van der Waals surface area contributed by atoms with Gasteiger partial charge in [-0.15, -0.1) is 0 Å². The molecule has 90 valence electrons. The molecule has 0 N–H and O–H groups in total. The molecule has 1 unspecified atom stereocenters. The van der Waals surface area contributed by atoms with Crippen LogP contribution in [-0.2, 0) is 17.8 Å². The van der Waals surface area contributed by atoms with E-state index in [-0.39, 0.29) is 6.10 Å². The standard InChI is InChI=1S/C17H16O/c1-2-7-14(8-3-1)13-18-17-12-6-10-15-9-4-5-11-16(15)17/h1-9,11-12,17H,10,13H2. The molecule has 0 saturated carbocycles. The smallest absolute Gasteiger partial charge is 0.101 e. The van der Waals surface area contributed by atoms with E-state index in [2.05, 4.69) is 48.6 Å². The molecule has 1 heteroatoms. The van der Waals surface area contributed by atoms with Gasteiger partial charge in [0.2, 0.25) is 0 Å². The fourth-order valence-corrected chi connectivity index (χ4v) is 2.33. The van der Waals surface area contributed by atoms with E-state index in [9.17, 15) is 0 Å². The zero-order valence-electron chi connectivity index (χ0n) is 10.3. The van der Waals surface area contributed by atoms with Gasteiger partial charge in [-0.05, 0) is 23.1 Å². The number of benzene rings is 2. The van der Waals surface area contributed by atoms with Crippen molar-refractivity contribution in [3.8, 4) is 0 Å². The fraction of sp³-hybridized carbons (Fsp3) is 0.176. The Labute approximate surface area is 108 Å². The van der Waals surface area contributed by atoms with Gasteiger partial charge in [-0.25, -0.2) is 0 Å². The summed E-state index contributed by atoms with van der Waals surface area (Å²) >= 11 is 0. The molecule has 0 amide bonds. The Hall–Kier alpha value is -1.86. The van der Waals surface area contributed by atoms with E-state index in [1.165, 1.54) is 16.7 Å². The zero-order chi connectivity index (χ0) is 12.2. The number of ether oxygens (including phenoxy) is 1. The molecule has 0 fully saturated rings. The Morgan fingerprint density at radius 2 is 1.72 bits per heavy atom. The molecule has 1 aliphatic rings. The summed E-state index contributed by atoms with van der Waals surface area (Å²) in [6.45, 7) is 0.657. The van der Waals surface area contributed by atoms with Gasteiger partial charge in [-0.1, -0.05) is 66.7 Å². The third kappa shape index (κ3) is 2.36. The van der Waals surface area contributed by atoms with Crippen molar-refractivity contribution in [1.29, 1.82) is 0 Å². The van der Waals surface area contributed by atoms with Crippen molar-refractivity contribution >= 4 is 0 Å². The molecule has 0 spiro atoms. The largest absolute Gasteiger partial charge is 0.365 e. The molecule has 0 aliphatic heterocycles. The Kier molecular flexibility index (Phi) is 3.24. The summed E-state index contributed by atoms with van der Waals surface area (Å²) in [5, 5.41) is 0. The minimum atomic E-state index is 0.0927. The molecule has 1 atom stereocenters. The highest BCUT2D eigenvalue weighted by atomic mass is 16.5. The predicted octanol–water partition coefficient (Wildman–Crippen LogP) is 4.06. The van der Waals surface area contributed by atoms with Gasteiger partial charge in [0.05, 0.1) is 6.61 Å². The molecule has 1 nitrogen and oxygen atoms in total. The molecule has 1 aliphatic carbocycles. The second-order valence-electron chi connectivity index (χ2n) is 4.55. The summed E-state index contributed by atoms with van der Waals surface area (Å²) < 4.78 is 6.01. The summed E-state index contributed by atoms with van der Waals surface area (Å²) in [5.41, 5.74) is 3.89. The van der Waals surface area contributed by atoms with Crippen LogP contribution in [-0.4, -0.2) is 0 Å². The Morgan fingerprint density at radius 1 is 0.944 bits per heavy atom. The van der Waals surface area contributed by atoms with Crippen LogP contribution < -0.4 is 0 Å². The number of hydrogen-bond acceptors (Lipinski definition) is 1. The molecule has 0 bridgehead atoms. The summed E-state index contributed by atoms with van der Waals surface area (Å²) in [7, 11) is 0. The third-order valence-corrected chi connectivity index (χ3v) is 3.28. The molecular formula is C17H16O. The highest BCUT2D eigenvalue weighted by Crippen LogP contribution is 2.28. The van der Waals surface area contributed by atoms with Crippen LogP contribution in [0.2, 0.25) is 0 Å². The lowest BCUT2D eigenvalue weighted by molar-refractivity contribution is 0.0701. The van der Waals surface area contributed by atoms with Crippen LogP contribution in [0, 0.1) is 0 Å². The first-order valence-electron chi connectivity index (χ1n) is 6.33. The quantitative estimate of drug-likeness (QED) is 0.730. The number of allylic oxidation sites excluding steroid dienone is 1. The Balaban J connectivity index is 1.74. The number of fused-ring (bicyclic) bond motifs is 1. The average Bonchev–Trinajstić information content (AvgIpc) is 2.46. The second-order valence-corrected chi connectivity index (χ2v) is 4.55. The van der Waals surface area contributed by atoms with E-state index in [1.807, 2.05) is 18.2 Å². The van der Waals surface area contributed by atoms with Crippen LogP contribution in [0.1, 0.15) is 22.8 Å². The first-order chi connectivity index (χ1) is 8.93. The van der Waals surface area contributed by atoms with Gasteiger partial charge in [-0.3, -0.25) is 0 Å². The van der Waals surface area contributed by atoms with Crippen molar-refractivity contribution < 1.29 is 4.74 Å². The minimum Gasteiger partial charge on any atom is -0.365 e. The summed E-state index contributed by atoms with van der Waals surface area (Å²) in [6, 6.07) is 18.8. The van der Waals surface area contributed by atoms with Crippen LogP contribution in [0.3, 0.4) is 0 Å². The van der Waals surface area contributed by atoms with Crippen molar-refractivity contribution in [2.24, 2.45) is 0 Å². The lowest BCUT2D eigenvalue weighted by Crippen LogP contribution is -2.08. The molecule has 2 aromatic rings. The van der Waals surface area contributed by atoms with E-state index in [1.54, 1.807) is 0 Å². The second kappa shape index (κ2) is 5.19. The zero-order valence-corrected chi connectivity index (χ0v) is 10.3. The van der Waals surface area contributed by atoms with Gasteiger partial charge < -0.3 is 4.74 Å². The van der Waals surface area contributed by atoms with E-state index in [0.717, 1.165) is 6.42 Å².